The van der Waals surface area contributed by atoms with Crippen LogP contribution in [0.1, 0.15) is 129 Å². The topological polar surface area (TPSA) is 0 Å². The van der Waals surface area contributed by atoms with Crippen molar-refractivity contribution in [3.63, 3.8) is 0 Å². The predicted octanol–water partition coefficient (Wildman–Crippen LogP) is 13.8. The number of hydrogen-bond donors (Lipinski definition) is 0. The molecule has 6 rings (SSSR count). The van der Waals surface area contributed by atoms with Gasteiger partial charge in [-0.05, 0) is 0 Å². The van der Waals surface area contributed by atoms with E-state index in [4.69, 9.17) is 0 Å². The van der Waals surface area contributed by atoms with Crippen LogP contribution in [0.3, 0.4) is 0 Å². The van der Waals surface area contributed by atoms with Crippen molar-refractivity contribution < 1.29 is 20.9 Å². The van der Waals surface area contributed by atoms with E-state index < -0.39 is 26.8 Å². The summed E-state index contributed by atoms with van der Waals surface area (Å²) < 4.78 is 1.26. The van der Waals surface area contributed by atoms with E-state index in [9.17, 15) is 0 Å². The van der Waals surface area contributed by atoms with Crippen LogP contribution in [0.4, 0.5) is 0 Å². The fourth-order valence-corrected chi connectivity index (χ4v) is 31.7. The van der Waals surface area contributed by atoms with Crippen molar-refractivity contribution >= 4 is 18.1 Å². The second kappa shape index (κ2) is 13.5. The van der Waals surface area contributed by atoms with Crippen LogP contribution in [0.2, 0.25) is 13.1 Å². The SMILES string of the molecule is CC1=Cc2c(-c3cc(C(C)(C)C)cc(C(C)(C)C)c3)cccc2[CH]1[Zr]([CH]1C(C(C)C)=Cc2c(-c3ccc(C(C)(C)C)cc3)cccc21)[SiH](C)C. The summed E-state index contributed by atoms with van der Waals surface area (Å²) in [5.41, 5.74) is 19.7. The molecule has 0 N–H and O–H groups in total. The first-order valence-corrected chi connectivity index (χ1v) is 29.0. The standard InChI is InChI=1S/C24H29.C22H25.C2H7Si.Zr/c1-16-11-17-9-8-10-21(22(17)12-16)18-13-19(23(2,3)4)15-20(14-18)24(5,6)7;1-15(2)18-13-17-7-6-8-20(21(17)14-18)16-9-11-19(12-10-16)22(3,4)5;1-3-2;/h8-15H,1-7H3;6-15H,1-5H3;3H,1-2H3;. The molecule has 2 aliphatic carbocycles. The molecule has 0 saturated carbocycles. The van der Waals surface area contributed by atoms with Gasteiger partial charge in [0.25, 0.3) is 0 Å². The minimum absolute atomic E-state index is 0.0926. The molecule has 2 aliphatic rings. The van der Waals surface area contributed by atoms with E-state index in [0.29, 0.717) is 13.2 Å². The van der Waals surface area contributed by atoms with Crippen molar-refractivity contribution in [3.05, 3.63) is 129 Å². The Morgan fingerprint density at radius 1 is 0.560 bits per heavy atom. The van der Waals surface area contributed by atoms with Crippen molar-refractivity contribution in [3.8, 4) is 22.3 Å². The van der Waals surface area contributed by atoms with Crippen LogP contribution in [0, 0.1) is 5.92 Å². The molecule has 261 valence electrons. The van der Waals surface area contributed by atoms with E-state index in [1.165, 1.54) is 50.1 Å². The van der Waals surface area contributed by atoms with Crippen molar-refractivity contribution in [2.75, 3.05) is 0 Å². The summed E-state index contributed by atoms with van der Waals surface area (Å²) in [5, 5.41) is 0. The Labute approximate surface area is 313 Å². The summed E-state index contributed by atoms with van der Waals surface area (Å²) in [5.74, 6) is -0.438. The Balaban J connectivity index is 1.48. The summed E-state index contributed by atoms with van der Waals surface area (Å²) in [6.07, 6.45) is 5.25. The van der Waals surface area contributed by atoms with Crippen LogP contribution in [0.25, 0.3) is 34.4 Å². The first-order valence-electron chi connectivity index (χ1n) is 19.1. The third kappa shape index (κ3) is 6.98. The molecule has 0 bridgehead atoms. The molecule has 2 heteroatoms. The van der Waals surface area contributed by atoms with Crippen LogP contribution >= 0.6 is 0 Å². The first kappa shape index (κ1) is 37.2. The van der Waals surface area contributed by atoms with Crippen LogP contribution in [-0.2, 0) is 37.2 Å². The van der Waals surface area contributed by atoms with E-state index in [2.05, 4.69) is 187 Å². The molecule has 0 amide bonds. The van der Waals surface area contributed by atoms with Crippen molar-refractivity contribution in [1.82, 2.24) is 0 Å². The molecule has 0 nitrogen and oxygen atoms in total. The molecule has 2 atom stereocenters. The second-order valence-corrected chi connectivity index (χ2v) is 39.0. The zero-order valence-corrected chi connectivity index (χ0v) is 37.1. The number of benzene rings is 4. The predicted molar refractivity (Wildman–Crippen MR) is 221 cm³/mol. The first-order chi connectivity index (χ1) is 23.3. The van der Waals surface area contributed by atoms with Gasteiger partial charge in [0, 0.05) is 0 Å². The van der Waals surface area contributed by atoms with Gasteiger partial charge in [-0.25, -0.2) is 0 Å². The molecule has 0 aliphatic heterocycles. The number of allylic oxidation sites excluding steroid dienone is 2. The van der Waals surface area contributed by atoms with Crippen LogP contribution in [0.15, 0.2) is 90.0 Å². The zero-order valence-electron chi connectivity index (χ0n) is 33.5. The second-order valence-electron chi connectivity index (χ2n) is 19.0. The Hall–Kier alpha value is -2.54. The molecule has 0 aromatic heterocycles. The van der Waals surface area contributed by atoms with Gasteiger partial charge in [0.05, 0.1) is 0 Å². The number of fused-ring (bicyclic) bond motifs is 2. The maximum atomic E-state index is 2.69. The quantitative estimate of drug-likeness (QED) is 0.172. The third-order valence-corrected chi connectivity index (χ3v) is 33.3. The molecule has 4 aromatic rings. The molecule has 0 saturated heterocycles. The molecule has 2 unspecified atom stereocenters. The summed E-state index contributed by atoms with van der Waals surface area (Å²) in [4.78, 5) is 0. The molecule has 0 spiro atoms. The Morgan fingerprint density at radius 3 is 1.52 bits per heavy atom. The van der Waals surface area contributed by atoms with Crippen molar-refractivity contribution in [1.29, 1.82) is 0 Å². The van der Waals surface area contributed by atoms with Gasteiger partial charge >= 0.3 is 316 Å². The molecular weight excluding hydrogens is 696 g/mol. The van der Waals surface area contributed by atoms with Crippen LogP contribution in [-0.4, -0.2) is 5.92 Å². The molecule has 0 radical (unpaired) electrons. The van der Waals surface area contributed by atoms with Gasteiger partial charge in [0.15, 0.2) is 0 Å². The number of rotatable bonds is 6. The molecular formula is C48H61SiZr. The average molecular weight is 757 g/mol. The molecule has 4 aromatic carbocycles. The van der Waals surface area contributed by atoms with Gasteiger partial charge in [-0.15, -0.1) is 0 Å². The molecule has 0 heterocycles. The fraction of sp³-hybridized carbons (Fsp3) is 0.417. The van der Waals surface area contributed by atoms with Crippen LogP contribution in [0.5, 0.6) is 0 Å². The summed E-state index contributed by atoms with van der Waals surface area (Å²) in [6.45, 7) is 33.8. The van der Waals surface area contributed by atoms with E-state index in [1.807, 2.05) is 0 Å². The van der Waals surface area contributed by atoms with Gasteiger partial charge in [-0.3, -0.25) is 0 Å². The van der Waals surface area contributed by atoms with Gasteiger partial charge in [-0.2, -0.15) is 0 Å². The van der Waals surface area contributed by atoms with Crippen molar-refractivity contribution in [2.24, 2.45) is 5.92 Å². The Bertz CT molecular complexity index is 1930. The third-order valence-electron chi connectivity index (χ3n) is 11.4. The van der Waals surface area contributed by atoms with E-state index in [0.717, 1.165) is 0 Å². The Kier molecular flexibility index (Phi) is 10.0. The van der Waals surface area contributed by atoms with E-state index in [-0.39, 0.29) is 16.2 Å². The normalized spacial score (nSPS) is 17.6. The van der Waals surface area contributed by atoms with Crippen LogP contribution < -0.4 is 0 Å². The van der Waals surface area contributed by atoms with Gasteiger partial charge in [0.1, 0.15) is 0 Å². The number of hydrogen-bond acceptors (Lipinski definition) is 0. The van der Waals surface area contributed by atoms with E-state index in [1.54, 1.807) is 22.3 Å². The molecule has 0 fully saturated rings. The Morgan fingerprint density at radius 2 is 1.04 bits per heavy atom. The molecule has 50 heavy (non-hydrogen) atoms. The van der Waals surface area contributed by atoms with Gasteiger partial charge in [-0.1, -0.05) is 0 Å². The monoisotopic (exact) mass is 755 g/mol. The maximum absolute atomic E-state index is 2.69. The van der Waals surface area contributed by atoms with E-state index >= 15 is 0 Å². The van der Waals surface area contributed by atoms with Gasteiger partial charge < -0.3 is 0 Å². The fourth-order valence-electron chi connectivity index (χ4n) is 8.43. The van der Waals surface area contributed by atoms with Gasteiger partial charge in [0.2, 0.25) is 0 Å². The average Bonchev–Trinajstić information content (AvgIpc) is 3.58. The minimum atomic E-state index is -2.21. The van der Waals surface area contributed by atoms with Crippen molar-refractivity contribution in [2.45, 2.75) is 120 Å². The zero-order chi connectivity index (χ0) is 36.5. The summed E-state index contributed by atoms with van der Waals surface area (Å²) in [7, 11) is 0. The summed E-state index contributed by atoms with van der Waals surface area (Å²) >= 11 is -2.21. The summed E-state index contributed by atoms with van der Waals surface area (Å²) in [6, 6.07) is 31.4.